The first kappa shape index (κ1) is 20.2. The Morgan fingerprint density at radius 1 is 1.17 bits per heavy atom. The normalized spacial score (nSPS) is 20.9. The van der Waals surface area contributed by atoms with E-state index in [9.17, 15) is 4.79 Å². The molecule has 1 rings (SSSR count). The van der Waals surface area contributed by atoms with Crippen molar-refractivity contribution >= 4 is 13.1 Å². The highest BCUT2D eigenvalue weighted by atomic mass is 16.7. The van der Waals surface area contributed by atoms with Crippen molar-refractivity contribution in [3.8, 4) is 0 Å². The van der Waals surface area contributed by atoms with Crippen LogP contribution in [-0.4, -0.2) is 30.9 Å². The van der Waals surface area contributed by atoms with Gasteiger partial charge in [0.1, 0.15) is 0 Å². The first-order chi connectivity index (χ1) is 10.7. The quantitative estimate of drug-likeness (QED) is 0.270. The summed E-state index contributed by atoms with van der Waals surface area (Å²) in [4.78, 5) is 11.0. The molecule has 0 aromatic heterocycles. The summed E-state index contributed by atoms with van der Waals surface area (Å²) in [5, 5.41) is 0. The van der Waals surface area contributed by atoms with E-state index < -0.39 is 0 Å². The van der Waals surface area contributed by atoms with Crippen molar-refractivity contribution in [3.63, 3.8) is 0 Å². The van der Waals surface area contributed by atoms with Crippen molar-refractivity contribution in [2.75, 3.05) is 6.61 Å². The Balaban J connectivity index is 2.63. The molecule has 0 aromatic carbocycles. The van der Waals surface area contributed by atoms with Gasteiger partial charge in [0.15, 0.2) is 0 Å². The molecule has 1 aliphatic heterocycles. The number of ether oxygens (including phenoxy) is 1. The van der Waals surface area contributed by atoms with Crippen molar-refractivity contribution < 1.29 is 18.8 Å². The number of hydrogen-bond acceptors (Lipinski definition) is 4. The molecule has 0 aromatic rings. The van der Waals surface area contributed by atoms with Gasteiger partial charge in [-0.2, -0.15) is 0 Å². The monoisotopic (exact) mass is 324 g/mol. The zero-order valence-electron chi connectivity index (χ0n) is 15.7. The Bertz CT molecular complexity index is 388. The summed E-state index contributed by atoms with van der Waals surface area (Å²) < 4.78 is 17.4. The van der Waals surface area contributed by atoms with Crippen LogP contribution in [0.5, 0.6) is 0 Å². The second-order valence-corrected chi connectivity index (χ2v) is 7.36. The topological polar surface area (TPSA) is 44.8 Å². The van der Waals surface area contributed by atoms with E-state index in [2.05, 4.69) is 46.8 Å². The highest BCUT2D eigenvalue weighted by molar-refractivity contribution is 6.47. The maximum absolute atomic E-state index is 11.0. The molecule has 4 nitrogen and oxygen atoms in total. The van der Waals surface area contributed by atoms with Crippen molar-refractivity contribution in [1.82, 2.24) is 0 Å². The number of hydrogen-bond donors (Lipinski definition) is 0. The number of esters is 1. The standard InChI is InChI=1S/C18H33BO4/c1-7-8-9-10-11-12-16(13-14-21-15(2)20)19-22-17(3,4)18(5,6)23-19/h10-11,16H,7-9,12-14H2,1-6H3/b11-10+/t16-/m0/s1. The van der Waals surface area contributed by atoms with E-state index in [-0.39, 0.29) is 30.1 Å². The molecule has 0 bridgehead atoms. The van der Waals surface area contributed by atoms with Crippen LogP contribution in [0.1, 0.15) is 73.6 Å². The second kappa shape index (κ2) is 8.88. The zero-order chi connectivity index (χ0) is 17.5. The van der Waals surface area contributed by atoms with Crippen LogP contribution in [0.2, 0.25) is 5.82 Å². The van der Waals surface area contributed by atoms with E-state index in [1.54, 1.807) is 0 Å². The Kier molecular flexibility index (Phi) is 7.82. The Morgan fingerprint density at radius 2 is 1.78 bits per heavy atom. The highest BCUT2D eigenvalue weighted by Crippen LogP contribution is 2.41. The molecule has 0 N–H and O–H groups in total. The maximum Gasteiger partial charge on any atom is 0.461 e. The van der Waals surface area contributed by atoms with Crippen molar-refractivity contribution in [2.24, 2.45) is 0 Å². The number of rotatable bonds is 9. The van der Waals surface area contributed by atoms with E-state index >= 15 is 0 Å². The van der Waals surface area contributed by atoms with Crippen LogP contribution >= 0.6 is 0 Å². The zero-order valence-corrected chi connectivity index (χ0v) is 15.7. The maximum atomic E-state index is 11.0. The third-order valence-electron chi connectivity index (χ3n) is 4.78. The summed E-state index contributed by atoms with van der Waals surface area (Å²) in [6, 6.07) is 0. The van der Waals surface area contributed by atoms with Crippen LogP contribution in [0, 0.1) is 0 Å². The van der Waals surface area contributed by atoms with Crippen LogP contribution in [0.15, 0.2) is 12.2 Å². The van der Waals surface area contributed by atoms with E-state index in [4.69, 9.17) is 14.0 Å². The first-order valence-corrected chi connectivity index (χ1v) is 8.83. The van der Waals surface area contributed by atoms with Crippen LogP contribution < -0.4 is 0 Å². The molecule has 0 amide bonds. The molecular formula is C18H33BO4. The minimum atomic E-state index is -0.330. The number of carbonyl (C=O) groups excluding carboxylic acids is 1. The smallest absolute Gasteiger partial charge is 0.461 e. The second-order valence-electron chi connectivity index (χ2n) is 7.36. The molecule has 0 saturated carbocycles. The lowest BCUT2D eigenvalue weighted by Gasteiger charge is -2.32. The fourth-order valence-electron chi connectivity index (χ4n) is 2.51. The number of carbonyl (C=O) groups is 1. The Labute approximate surface area is 142 Å². The molecule has 0 aliphatic carbocycles. The van der Waals surface area contributed by atoms with Gasteiger partial charge in [0, 0.05) is 12.7 Å². The van der Waals surface area contributed by atoms with Gasteiger partial charge in [0.25, 0.3) is 0 Å². The third kappa shape index (κ3) is 6.30. The Morgan fingerprint density at radius 3 is 2.30 bits per heavy atom. The summed E-state index contributed by atoms with van der Waals surface area (Å²) in [6.07, 6.45) is 9.59. The summed E-state index contributed by atoms with van der Waals surface area (Å²) in [5.41, 5.74) is -0.660. The average molecular weight is 324 g/mol. The molecule has 1 aliphatic rings. The van der Waals surface area contributed by atoms with Gasteiger partial charge in [0.05, 0.1) is 17.8 Å². The van der Waals surface area contributed by atoms with Crippen molar-refractivity contribution in [2.45, 2.75) is 90.7 Å². The van der Waals surface area contributed by atoms with Gasteiger partial charge in [0.2, 0.25) is 0 Å². The molecule has 0 spiro atoms. The van der Waals surface area contributed by atoms with E-state index in [1.807, 2.05) is 0 Å². The predicted octanol–water partition coefficient (Wildman–Crippen LogP) is 4.54. The van der Waals surface area contributed by atoms with Crippen LogP contribution in [0.25, 0.3) is 0 Å². The van der Waals surface area contributed by atoms with Gasteiger partial charge in [-0.15, -0.1) is 0 Å². The van der Waals surface area contributed by atoms with E-state index in [0.29, 0.717) is 6.61 Å². The van der Waals surface area contributed by atoms with Crippen LogP contribution in [0.4, 0.5) is 0 Å². The third-order valence-corrected chi connectivity index (χ3v) is 4.78. The molecule has 132 valence electrons. The van der Waals surface area contributed by atoms with Gasteiger partial charge in [-0.3, -0.25) is 4.79 Å². The summed E-state index contributed by atoms with van der Waals surface area (Å²) in [7, 11) is -0.258. The molecular weight excluding hydrogens is 291 g/mol. The summed E-state index contributed by atoms with van der Waals surface area (Å²) in [5.74, 6) is -0.0515. The molecule has 1 saturated heterocycles. The summed E-state index contributed by atoms with van der Waals surface area (Å²) in [6.45, 7) is 12.3. The lowest BCUT2D eigenvalue weighted by molar-refractivity contribution is -0.141. The molecule has 1 fully saturated rings. The molecule has 1 atom stereocenters. The largest absolute Gasteiger partial charge is 0.466 e. The molecule has 5 heteroatoms. The molecule has 23 heavy (non-hydrogen) atoms. The molecule has 0 unspecified atom stereocenters. The lowest BCUT2D eigenvalue weighted by Crippen LogP contribution is -2.41. The summed E-state index contributed by atoms with van der Waals surface area (Å²) >= 11 is 0. The van der Waals surface area contributed by atoms with Gasteiger partial charge in [-0.25, -0.2) is 0 Å². The van der Waals surface area contributed by atoms with Gasteiger partial charge >= 0.3 is 13.1 Å². The molecule has 0 radical (unpaired) electrons. The first-order valence-electron chi connectivity index (χ1n) is 8.83. The van der Waals surface area contributed by atoms with Gasteiger partial charge in [-0.1, -0.05) is 31.9 Å². The van der Waals surface area contributed by atoms with Crippen molar-refractivity contribution in [1.29, 1.82) is 0 Å². The fourth-order valence-corrected chi connectivity index (χ4v) is 2.51. The number of allylic oxidation sites excluding steroid dienone is 2. The average Bonchev–Trinajstić information content (AvgIpc) is 2.64. The van der Waals surface area contributed by atoms with Crippen LogP contribution in [0.3, 0.4) is 0 Å². The lowest BCUT2D eigenvalue weighted by atomic mass is 9.68. The minimum Gasteiger partial charge on any atom is -0.466 e. The highest BCUT2D eigenvalue weighted by Gasteiger charge is 2.53. The SMILES string of the molecule is CCCC/C=C/C[C@@H](CCOC(C)=O)B1OC(C)(C)C(C)(C)O1. The van der Waals surface area contributed by atoms with Gasteiger partial charge < -0.3 is 14.0 Å². The van der Waals surface area contributed by atoms with Gasteiger partial charge in [-0.05, 0) is 47.0 Å². The van der Waals surface area contributed by atoms with E-state index in [0.717, 1.165) is 19.3 Å². The van der Waals surface area contributed by atoms with Crippen LogP contribution in [-0.2, 0) is 18.8 Å². The Hall–Kier alpha value is -0.805. The van der Waals surface area contributed by atoms with E-state index in [1.165, 1.54) is 19.8 Å². The minimum absolute atomic E-state index is 0.188. The predicted molar refractivity (Wildman–Crippen MR) is 94.4 cm³/mol. The van der Waals surface area contributed by atoms with Crippen molar-refractivity contribution in [3.05, 3.63) is 12.2 Å². The number of unbranched alkanes of at least 4 members (excludes halogenated alkanes) is 2. The molecule has 1 heterocycles. The fraction of sp³-hybridized carbons (Fsp3) is 0.833.